The number of fused-ring (bicyclic) bond motifs is 1. The number of carbonyl (C=O) groups is 2. The van der Waals surface area contributed by atoms with Crippen LogP contribution in [0.1, 0.15) is 45.0 Å². The number of carbonyl (C=O) groups excluding carboxylic acids is 2. The molecule has 0 saturated carbocycles. The van der Waals surface area contributed by atoms with Gasteiger partial charge in [0.25, 0.3) is 5.91 Å². The van der Waals surface area contributed by atoms with Gasteiger partial charge >= 0.3 is 0 Å². The maximum Gasteiger partial charge on any atom is 0.277 e. The molecule has 1 N–H and O–H groups in total. The van der Waals surface area contributed by atoms with E-state index in [4.69, 9.17) is 14.2 Å². The van der Waals surface area contributed by atoms with Crippen LogP contribution in [-0.2, 0) is 4.79 Å². The highest BCUT2D eigenvalue weighted by Gasteiger charge is 2.28. The Hall–Kier alpha value is -3.35. The maximum absolute atomic E-state index is 13.0. The number of allylic oxidation sites excluding steroid dienone is 3. The molecule has 0 aromatic heterocycles. The lowest BCUT2D eigenvalue weighted by molar-refractivity contribution is -0.116. The number of benzene rings is 1. The Balaban J connectivity index is 1.94. The first-order valence-corrected chi connectivity index (χ1v) is 11.0. The first kappa shape index (κ1) is 23.3. The summed E-state index contributed by atoms with van der Waals surface area (Å²) in [5, 5.41) is 2.87. The second kappa shape index (κ2) is 10.3. The molecule has 0 fully saturated rings. The predicted molar refractivity (Wildman–Crippen MR) is 123 cm³/mol. The van der Waals surface area contributed by atoms with Crippen molar-refractivity contribution in [3.8, 4) is 17.2 Å². The quantitative estimate of drug-likeness (QED) is 0.656. The number of ether oxygens (including phenoxy) is 3. The van der Waals surface area contributed by atoms with Gasteiger partial charge in [-0.1, -0.05) is 19.9 Å². The lowest BCUT2D eigenvalue weighted by Gasteiger charge is -2.29. The summed E-state index contributed by atoms with van der Waals surface area (Å²) in [6, 6.07) is 3.24. The summed E-state index contributed by atoms with van der Waals surface area (Å²) in [5.74, 6) is 0.970. The van der Waals surface area contributed by atoms with Crippen LogP contribution in [0, 0.1) is 11.8 Å². The van der Waals surface area contributed by atoms with E-state index in [1.54, 1.807) is 30.4 Å². The van der Waals surface area contributed by atoms with Gasteiger partial charge in [-0.15, -0.1) is 0 Å². The molecule has 0 radical (unpaired) electrons. The van der Waals surface area contributed by atoms with Crippen molar-refractivity contribution >= 4 is 17.5 Å². The number of amides is 2. The van der Waals surface area contributed by atoms with Crippen LogP contribution >= 0.6 is 0 Å². The fourth-order valence-electron chi connectivity index (χ4n) is 3.71. The Bertz CT molecular complexity index is 990. The van der Waals surface area contributed by atoms with Crippen molar-refractivity contribution in [3.05, 3.63) is 53.3 Å². The summed E-state index contributed by atoms with van der Waals surface area (Å²) < 4.78 is 17.1. The van der Waals surface area contributed by atoms with E-state index in [0.29, 0.717) is 48.3 Å². The summed E-state index contributed by atoms with van der Waals surface area (Å²) in [5.41, 5.74) is 2.57. The molecule has 2 amide bonds. The minimum atomic E-state index is -0.438. The van der Waals surface area contributed by atoms with Crippen molar-refractivity contribution < 1.29 is 23.8 Å². The van der Waals surface area contributed by atoms with E-state index >= 15 is 0 Å². The normalized spacial score (nSPS) is 18.6. The predicted octanol–water partition coefficient (Wildman–Crippen LogP) is 4.25. The second-order valence-electron chi connectivity index (χ2n) is 7.67. The first-order chi connectivity index (χ1) is 15.4. The number of hydrogen-bond acceptors (Lipinski definition) is 5. The molecule has 170 valence electrons. The number of hydrogen-bond donors (Lipinski definition) is 1. The maximum atomic E-state index is 13.0. The van der Waals surface area contributed by atoms with Crippen molar-refractivity contribution in [1.82, 2.24) is 5.32 Å². The monoisotopic (exact) mass is 438 g/mol. The van der Waals surface area contributed by atoms with Crippen molar-refractivity contribution in [2.75, 3.05) is 19.8 Å². The molecule has 1 aromatic carbocycles. The Morgan fingerprint density at radius 1 is 1.03 bits per heavy atom. The number of nitrogens with zero attached hydrogens (tertiary/aromatic N) is 1. The molecule has 7 heteroatoms. The van der Waals surface area contributed by atoms with Gasteiger partial charge in [-0.3, -0.25) is 9.59 Å². The van der Waals surface area contributed by atoms with Crippen LogP contribution in [0.15, 0.2) is 52.7 Å². The molecular weight excluding hydrogens is 408 g/mol. The fourth-order valence-corrected chi connectivity index (χ4v) is 3.71. The van der Waals surface area contributed by atoms with Crippen LogP contribution in [0.25, 0.3) is 0 Å². The topological polar surface area (TPSA) is 86.2 Å². The van der Waals surface area contributed by atoms with Crippen molar-refractivity contribution in [2.45, 2.75) is 34.6 Å². The van der Waals surface area contributed by atoms with Crippen LogP contribution in [0.4, 0.5) is 0 Å². The van der Waals surface area contributed by atoms with E-state index in [2.05, 4.69) is 24.2 Å². The summed E-state index contributed by atoms with van der Waals surface area (Å²) >= 11 is 0. The van der Waals surface area contributed by atoms with Crippen molar-refractivity contribution in [2.24, 2.45) is 16.8 Å². The zero-order valence-electron chi connectivity index (χ0n) is 19.2. The van der Waals surface area contributed by atoms with Gasteiger partial charge < -0.3 is 19.5 Å². The Kier molecular flexibility index (Phi) is 7.51. The third-order valence-corrected chi connectivity index (χ3v) is 5.08. The van der Waals surface area contributed by atoms with Gasteiger partial charge in [0.05, 0.1) is 25.5 Å². The summed E-state index contributed by atoms with van der Waals surface area (Å²) in [4.78, 5) is 29.3. The molecule has 1 aromatic rings. The lowest BCUT2D eigenvalue weighted by Crippen LogP contribution is -2.34. The first-order valence-electron chi connectivity index (χ1n) is 11.0. The Labute approximate surface area is 188 Å². The molecule has 2 aliphatic rings. The number of nitrogens with one attached hydrogen (secondary N) is 1. The average Bonchev–Trinajstić information content (AvgIpc) is 2.75. The van der Waals surface area contributed by atoms with Crippen molar-refractivity contribution in [3.63, 3.8) is 0 Å². The molecule has 1 aliphatic carbocycles. The molecule has 1 heterocycles. The average molecular weight is 439 g/mol. The summed E-state index contributed by atoms with van der Waals surface area (Å²) in [6.45, 7) is 11.0. The number of rotatable bonds is 8. The fraction of sp³-hybridized carbons (Fsp3) is 0.400. The van der Waals surface area contributed by atoms with Crippen LogP contribution < -0.4 is 19.5 Å². The van der Waals surface area contributed by atoms with Gasteiger partial charge in [-0.2, -0.15) is 0 Å². The third-order valence-electron chi connectivity index (χ3n) is 5.08. The lowest BCUT2D eigenvalue weighted by atomic mass is 9.82. The van der Waals surface area contributed by atoms with E-state index in [1.807, 2.05) is 26.8 Å². The molecule has 1 atom stereocenters. The van der Waals surface area contributed by atoms with E-state index in [0.717, 1.165) is 11.3 Å². The van der Waals surface area contributed by atoms with Crippen molar-refractivity contribution in [1.29, 1.82) is 0 Å². The van der Waals surface area contributed by atoms with Crippen LogP contribution in [0.5, 0.6) is 17.2 Å². The molecule has 1 unspecified atom stereocenters. The van der Waals surface area contributed by atoms with E-state index in [-0.39, 0.29) is 17.7 Å². The zero-order chi connectivity index (χ0) is 23.3. The molecule has 32 heavy (non-hydrogen) atoms. The highest BCUT2D eigenvalue weighted by atomic mass is 16.5. The van der Waals surface area contributed by atoms with Gasteiger partial charge in [0.1, 0.15) is 0 Å². The van der Waals surface area contributed by atoms with Gasteiger partial charge in [0.2, 0.25) is 11.7 Å². The largest absolute Gasteiger partial charge is 0.490 e. The Morgan fingerprint density at radius 3 is 2.22 bits per heavy atom. The smallest absolute Gasteiger partial charge is 0.277 e. The summed E-state index contributed by atoms with van der Waals surface area (Å²) in [6.07, 6.45) is 7.16. The molecule has 0 saturated heterocycles. The molecular formula is C25H30N2O5. The minimum Gasteiger partial charge on any atom is -0.490 e. The van der Waals surface area contributed by atoms with Gasteiger partial charge in [-0.25, -0.2) is 4.99 Å². The summed E-state index contributed by atoms with van der Waals surface area (Å²) in [7, 11) is 0. The van der Waals surface area contributed by atoms with Crippen LogP contribution in [0.3, 0.4) is 0 Å². The highest BCUT2D eigenvalue weighted by Crippen LogP contribution is 2.39. The minimum absolute atomic E-state index is 0.0126. The van der Waals surface area contributed by atoms with Gasteiger partial charge in [-0.05, 0) is 56.5 Å². The number of aliphatic imine (C=N–C) groups is 1. The molecule has 1 aliphatic heterocycles. The van der Waals surface area contributed by atoms with Gasteiger partial charge in [0, 0.05) is 23.3 Å². The van der Waals surface area contributed by atoms with E-state index in [1.165, 1.54) is 0 Å². The molecule has 0 spiro atoms. The highest BCUT2D eigenvalue weighted by molar-refractivity contribution is 6.14. The van der Waals surface area contributed by atoms with E-state index < -0.39 is 5.91 Å². The van der Waals surface area contributed by atoms with Crippen LogP contribution in [-0.4, -0.2) is 37.3 Å². The SMILES string of the molecule is CCOc1cc(C(=O)N=C2C=CC3C(=C2)NC(=O)C=C3C(C)C)cc(OCC)c1OCC. The zero-order valence-corrected chi connectivity index (χ0v) is 19.2. The molecule has 3 rings (SSSR count). The Morgan fingerprint density at radius 2 is 1.66 bits per heavy atom. The second-order valence-corrected chi connectivity index (χ2v) is 7.67. The standard InChI is InChI=1S/C25H30N2O5/c1-6-30-21-11-16(12-22(31-7-2)24(21)32-8-3)25(29)26-17-9-10-18-19(15(4)5)14-23(28)27-20(18)13-17/h9-15,18H,6-8H2,1-5H3,(H,27,28). The van der Waals surface area contributed by atoms with Crippen LogP contribution in [0.2, 0.25) is 0 Å². The van der Waals surface area contributed by atoms with Gasteiger partial charge in [0.15, 0.2) is 11.5 Å². The molecule has 7 nitrogen and oxygen atoms in total. The molecule has 0 bridgehead atoms. The van der Waals surface area contributed by atoms with E-state index in [9.17, 15) is 9.59 Å². The third kappa shape index (κ3) is 5.10.